The van der Waals surface area contributed by atoms with Crippen molar-refractivity contribution in [3.63, 3.8) is 0 Å². The van der Waals surface area contributed by atoms with Gasteiger partial charge in [0.05, 0.1) is 11.6 Å². The van der Waals surface area contributed by atoms with Gasteiger partial charge in [-0.25, -0.2) is 0 Å². The van der Waals surface area contributed by atoms with Crippen LogP contribution in [0.4, 0.5) is 0 Å². The normalized spacial score (nSPS) is 33.5. The van der Waals surface area contributed by atoms with Crippen molar-refractivity contribution >= 4 is 0 Å². The van der Waals surface area contributed by atoms with Crippen molar-refractivity contribution in [2.75, 3.05) is 13.2 Å². The van der Waals surface area contributed by atoms with E-state index in [1.165, 1.54) is 0 Å². The van der Waals surface area contributed by atoms with E-state index < -0.39 is 5.54 Å². The van der Waals surface area contributed by atoms with Crippen LogP contribution in [0.3, 0.4) is 0 Å². The number of nitrogens with two attached hydrogens (primary N) is 1. The maximum absolute atomic E-state index is 9.18. The summed E-state index contributed by atoms with van der Waals surface area (Å²) in [6.45, 7) is 4.98. The first-order chi connectivity index (χ1) is 6.12. The Bertz CT molecular complexity index is 151. The Hall–Kier alpha value is -0.160. The molecule has 4 nitrogen and oxygen atoms in total. The van der Waals surface area contributed by atoms with Crippen LogP contribution in [0.2, 0.25) is 0 Å². The van der Waals surface area contributed by atoms with E-state index in [0.717, 1.165) is 0 Å². The topological polar surface area (TPSA) is 64.7 Å². The highest BCUT2D eigenvalue weighted by Crippen LogP contribution is 2.34. The molecule has 0 saturated heterocycles. The summed E-state index contributed by atoms with van der Waals surface area (Å²) < 4.78 is 10.8. The molecule has 0 amide bonds. The first-order valence-electron chi connectivity index (χ1n) is 4.82. The van der Waals surface area contributed by atoms with Crippen LogP contribution in [0, 0.1) is 0 Å². The Balaban J connectivity index is 2.43. The van der Waals surface area contributed by atoms with Crippen LogP contribution in [0.5, 0.6) is 0 Å². The predicted octanol–water partition coefficient (Wildman–Crippen LogP) is 0.238. The van der Waals surface area contributed by atoms with Crippen LogP contribution in [0.1, 0.15) is 26.7 Å². The molecule has 0 bridgehead atoms. The summed E-state index contributed by atoms with van der Waals surface area (Å²) in [5.74, 6) is 0. The molecule has 3 N–H and O–H groups in total. The highest BCUT2D eigenvalue weighted by molar-refractivity contribution is 5.01. The standard InChI is InChI=1S/C9H19NO3/c1-3-12-8(13-4-2)9(10)5-7(11)6-9/h7-8,11H,3-6,10H2,1-2H3. The van der Waals surface area contributed by atoms with Gasteiger partial charge in [-0.3, -0.25) is 0 Å². The lowest BCUT2D eigenvalue weighted by Gasteiger charge is -2.46. The van der Waals surface area contributed by atoms with Crippen LogP contribution in [0.25, 0.3) is 0 Å². The Labute approximate surface area is 79.0 Å². The Kier molecular flexibility index (Phi) is 3.67. The maximum Gasteiger partial charge on any atom is 0.175 e. The number of aliphatic hydroxyl groups is 1. The third-order valence-electron chi connectivity index (χ3n) is 2.34. The van der Waals surface area contributed by atoms with E-state index in [1.54, 1.807) is 0 Å². The monoisotopic (exact) mass is 189 g/mol. The summed E-state index contributed by atoms with van der Waals surface area (Å²) in [6, 6.07) is 0. The van der Waals surface area contributed by atoms with Gasteiger partial charge in [0.15, 0.2) is 6.29 Å². The first kappa shape index (κ1) is 10.9. The Morgan fingerprint density at radius 1 is 1.38 bits per heavy atom. The van der Waals surface area contributed by atoms with E-state index in [2.05, 4.69) is 0 Å². The molecule has 1 saturated carbocycles. The van der Waals surface area contributed by atoms with Gasteiger partial charge in [-0.2, -0.15) is 0 Å². The second kappa shape index (κ2) is 4.37. The van der Waals surface area contributed by atoms with E-state index >= 15 is 0 Å². The molecule has 1 fully saturated rings. The molecule has 0 unspecified atom stereocenters. The fourth-order valence-corrected chi connectivity index (χ4v) is 1.69. The average Bonchev–Trinajstić information content (AvgIpc) is 2.01. The molecule has 0 heterocycles. The Morgan fingerprint density at radius 3 is 2.15 bits per heavy atom. The fraction of sp³-hybridized carbons (Fsp3) is 1.00. The van der Waals surface area contributed by atoms with Crippen molar-refractivity contribution in [1.82, 2.24) is 0 Å². The highest BCUT2D eigenvalue weighted by atomic mass is 16.7. The SMILES string of the molecule is CCOC(OCC)C1(N)CC(O)C1. The molecule has 1 rings (SSSR count). The number of ether oxygens (including phenoxy) is 2. The summed E-state index contributed by atoms with van der Waals surface area (Å²) >= 11 is 0. The second-order valence-electron chi connectivity index (χ2n) is 3.54. The summed E-state index contributed by atoms with van der Waals surface area (Å²) in [5, 5.41) is 9.18. The van der Waals surface area contributed by atoms with Gasteiger partial charge >= 0.3 is 0 Å². The largest absolute Gasteiger partial charge is 0.393 e. The van der Waals surface area contributed by atoms with Crippen molar-refractivity contribution < 1.29 is 14.6 Å². The van der Waals surface area contributed by atoms with Crippen molar-refractivity contribution in [2.45, 2.75) is 44.6 Å². The molecule has 0 spiro atoms. The lowest BCUT2D eigenvalue weighted by molar-refractivity contribution is -0.208. The van der Waals surface area contributed by atoms with Gasteiger partial charge in [0, 0.05) is 13.2 Å². The van der Waals surface area contributed by atoms with E-state index in [1.807, 2.05) is 13.8 Å². The molecule has 78 valence electrons. The average molecular weight is 189 g/mol. The third-order valence-corrected chi connectivity index (χ3v) is 2.34. The number of hydrogen-bond donors (Lipinski definition) is 2. The summed E-state index contributed by atoms with van der Waals surface area (Å²) in [4.78, 5) is 0. The third kappa shape index (κ3) is 2.40. The van der Waals surface area contributed by atoms with Crippen LogP contribution in [0.15, 0.2) is 0 Å². The van der Waals surface area contributed by atoms with E-state index in [-0.39, 0.29) is 12.4 Å². The lowest BCUT2D eigenvalue weighted by Crippen LogP contribution is -2.63. The van der Waals surface area contributed by atoms with Gasteiger partial charge in [0.2, 0.25) is 0 Å². The molecule has 0 aromatic heterocycles. The highest BCUT2D eigenvalue weighted by Gasteiger charge is 2.47. The van der Waals surface area contributed by atoms with Gasteiger partial charge in [-0.1, -0.05) is 0 Å². The molecule has 0 aromatic carbocycles. The second-order valence-corrected chi connectivity index (χ2v) is 3.54. The fourth-order valence-electron chi connectivity index (χ4n) is 1.69. The summed E-state index contributed by atoms with van der Waals surface area (Å²) in [6.07, 6.45) is 0.481. The molecule has 0 aromatic rings. The molecule has 0 radical (unpaired) electrons. The van der Waals surface area contributed by atoms with Gasteiger partial charge in [0.25, 0.3) is 0 Å². The molecule has 0 aliphatic heterocycles. The van der Waals surface area contributed by atoms with Crippen molar-refractivity contribution in [3.8, 4) is 0 Å². The zero-order chi connectivity index (χ0) is 9.90. The molecule has 1 aliphatic rings. The van der Waals surface area contributed by atoms with Gasteiger partial charge in [0.1, 0.15) is 0 Å². The number of rotatable bonds is 5. The summed E-state index contributed by atoms with van der Waals surface area (Å²) in [7, 11) is 0. The maximum atomic E-state index is 9.18. The van der Waals surface area contributed by atoms with Crippen molar-refractivity contribution in [3.05, 3.63) is 0 Å². The van der Waals surface area contributed by atoms with E-state index in [9.17, 15) is 5.11 Å². The number of hydrogen-bond acceptors (Lipinski definition) is 4. The van der Waals surface area contributed by atoms with Crippen molar-refractivity contribution in [1.29, 1.82) is 0 Å². The van der Waals surface area contributed by atoms with Crippen LogP contribution >= 0.6 is 0 Å². The Morgan fingerprint density at radius 2 is 1.85 bits per heavy atom. The number of aliphatic hydroxyl groups excluding tert-OH is 1. The van der Waals surface area contributed by atoms with Gasteiger partial charge in [-0.15, -0.1) is 0 Å². The molecule has 1 aliphatic carbocycles. The molecule has 13 heavy (non-hydrogen) atoms. The van der Waals surface area contributed by atoms with Crippen LogP contribution in [-0.4, -0.2) is 36.3 Å². The minimum Gasteiger partial charge on any atom is -0.393 e. The quantitative estimate of drug-likeness (QED) is 0.608. The van der Waals surface area contributed by atoms with Crippen LogP contribution < -0.4 is 5.73 Å². The first-order valence-corrected chi connectivity index (χ1v) is 4.82. The van der Waals surface area contributed by atoms with Gasteiger partial charge < -0.3 is 20.3 Å². The predicted molar refractivity (Wildman–Crippen MR) is 49.2 cm³/mol. The van der Waals surface area contributed by atoms with Crippen molar-refractivity contribution in [2.24, 2.45) is 5.73 Å². The smallest absolute Gasteiger partial charge is 0.175 e. The molecule has 4 heteroatoms. The van der Waals surface area contributed by atoms with Crippen LogP contribution in [-0.2, 0) is 9.47 Å². The minimum absolute atomic E-state index is 0.284. The molecular formula is C9H19NO3. The molecule has 0 atom stereocenters. The van der Waals surface area contributed by atoms with Gasteiger partial charge in [-0.05, 0) is 26.7 Å². The minimum atomic E-state index is -0.481. The zero-order valence-corrected chi connectivity index (χ0v) is 8.32. The molecular weight excluding hydrogens is 170 g/mol. The zero-order valence-electron chi connectivity index (χ0n) is 8.32. The van der Waals surface area contributed by atoms with E-state index in [4.69, 9.17) is 15.2 Å². The summed E-state index contributed by atoms with van der Waals surface area (Å²) in [5.41, 5.74) is 5.52. The van der Waals surface area contributed by atoms with E-state index in [0.29, 0.717) is 26.1 Å². The lowest BCUT2D eigenvalue weighted by atomic mass is 9.74.